The van der Waals surface area contributed by atoms with E-state index in [1.54, 1.807) is 18.5 Å². The van der Waals surface area contributed by atoms with Gasteiger partial charge in [-0.05, 0) is 18.2 Å². The summed E-state index contributed by atoms with van der Waals surface area (Å²) in [7, 11) is 0. The van der Waals surface area contributed by atoms with Crippen LogP contribution in [0.4, 0.5) is 5.69 Å². The molecular weight excluding hydrogens is 388 g/mol. The molecule has 4 heterocycles. The second-order valence-electron chi connectivity index (χ2n) is 7.13. The Labute approximate surface area is 169 Å². The van der Waals surface area contributed by atoms with Gasteiger partial charge in [0, 0.05) is 55.5 Å². The van der Waals surface area contributed by atoms with E-state index in [1.165, 1.54) is 24.5 Å². The molecule has 3 aromatic heterocycles. The Morgan fingerprint density at radius 2 is 2.13 bits per heavy atom. The van der Waals surface area contributed by atoms with Crippen molar-refractivity contribution in [1.82, 2.24) is 14.9 Å². The van der Waals surface area contributed by atoms with E-state index in [-0.39, 0.29) is 16.5 Å². The first kappa shape index (κ1) is 18.2. The lowest BCUT2D eigenvalue weighted by atomic mass is 10.1. The van der Waals surface area contributed by atoms with Gasteiger partial charge in [-0.1, -0.05) is 0 Å². The SMILES string of the molecule is O=c1c(CN2CCc3nc(-c4ccco4)ncc3C2)coc2ccc([N+](=O)[O-])cc12. The zero-order valence-electron chi connectivity index (χ0n) is 15.8. The van der Waals surface area contributed by atoms with Crippen LogP contribution in [0.2, 0.25) is 0 Å². The summed E-state index contributed by atoms with van der Waals surface area (Å²) in [6, 6.07) is 7.65. The van der Waals surface area contributed by atoms with E-state index in [2.05, 4.69) is 14.9 Å². The Kier molecular flexibility index (Phi) is 4.36. The maximum Gasteiger partial charge on any atom is 0.270 e. The lowest BCUT2D eigenvalue weighted by Crippen LogP contribution is -2.32. The van der Waals surface area contributed by atoms with E-state index in [0.29, 0.717) is 42.4 Å². The number of non-ortho nitro benzene ring substituents is 1. The predicted molar refractivity (Wildman–Crippen MR) is 107 cm³/mol. The Balaban J connectivity index is 1.39. The molecule has 1 aromatic carbocycles. The second kappa shape index (κ2) is 7.20. The molecule has 0 saturated carbocycles. The van der Waals surface area contributed by atoms with E-state index in [0.717, 1.165) is 17.7 Å². The smallest absolute Gasteiger partial charge is 0.270 e. The van der Waals surface area contributed by atoms with Crippen molar-refractivity contribution in [2.45, 2.75) is 19.5 Å². The van der Waals surface area contributed by atoms with E-state index in [4.69, 9.17) is 8.83 Å². The van der Waals surface area contributed by atoms with Gasteiger partial charge in [-0.25, -0.2) is 9.97 Å². The molecule has 0 saturated heterocycles. The molecule has 1 aliphatic heterocycles. The summed E-state index contributed by atoms with van der Waals surface area (Å²) in [4.78, 5) is 34.4. The highest BCUT2D eigenvalue weighted by Crippen LogP contribution is 2.23. The van der Waals surface area contributed by atoms with Crippen LogP contribution in [0.25, 0.3) is 22.6 Å². The minimum absolute atomic E-state index is 0.136. The van der Waals surface area contributed by atoms with Crippen LogP contribution in [0.5, 0.6) is 0 Å². The van der Waals surface area contributed by atoms with Gasteiger partial charge >= 0.3 is 0 Å². The van der Waals surface area contributed by atoms with Crippen LogP contribution in [0.15, 0.2) is 62.7 Å². The van der Waals surface area contributed by atoms with E-state index < -0.39 is 4.92 Å². The molecule has 1 aliphatic rings. The fourth-order valence-electron chi connectivity index (χ4n) is 3.66. The number of nitro groups is 1. The highest BCUT2D eigenvalue weighted by atomic mass is 16.6. The molecule has 0 N–H and O–H groups in total. The third-order valence-corrected chi connectivity index (χ3v) is 5.19. The molecule has 0 spiro atoms. The predicted octanol–water partition coefficient (Wildman–Crippen LogP) is 3.31. The van der Waals surface area contributed by atoms with Crippen molar-refractivity contribution >= 4 is 16.7 Å². The van der Waals surface area contributed by atoms with Gasteiger partial charge in [0.05, 0.1) is 28.5 Å². The number of benzene rings is 1. The van der Waals surface area contributed by atoms with Crippen LogP contribution >= 0.6 is 0 Å². The third kappa shape index (κ3) is 3.25. The molecule has 0 aliphatic carbocycles. The molecular formula is C21H16N4O5. The van der Waals surface area contributed by atoms with Crippen molar-refractivity contribution in [3.63, 3.8) is 0 Å². The van der Waals surface area contributed by atoms with E-state index in [1.807, 2.05) is 6.07 Å². The zero-order chi connectivity index (χ0) is 20.7. The van der Waals surface area contributed by atoms with Crippen LogP contribution in [-0.2, 0) is 19.5 Å². The monoisotopic (exact) mass is 404 g/mol. The topological polar surface area (TPSA) is 116 Å². The average Bonchev–Trinajstić information content (AvgIpc) is 3.30. The first-order valence-corrected chi connectivity index (χ1v) is 9.38. The maximum atomic E-state index is 12.9. The first-order chi connectivity index (χ1) is 14.6. The molecule has 5 rings (SSSR count). The summed E-state index contributed by atoms with van der Waals surface area (Å²) in [5, 5.41) is 11.2. The number of nitrogens with zero attached hydrogens (tertiary/aromatic N) is 4. The van der Waals surface area contributed by atoms with Gasteiger partial charge in [0.2, 0.25) is 0 Å². The highest BCUT2D eigenvalue weighted by molar-refractivity contribution is 5.79. The third-order valence-electron chi connectivity index (χ3n) is 5.19. The highest BCUT2D eigenvalue weighted by Gasteiger charge is 2.21. The molecule has 0 atom stereocenters. The van der Waals surface area contributed by atoms with Gasteiger partial charge in [0.1, 0.15) is 5.58 Å². The minimum atomic E-state index is -0.524. The molecule has 4 aromatic rings. The number of nitro benzene ring substituents is 1. The zero-order valence-corrected chi connectivity index (χ0v) is 15.8. The quantitative estimate of drug-likeness (QED) is 0.376. The maximum absolute atomic E-state index is 12.9. The van der Waals surface area contributed by atoms with Crippen LogP contribution in [0.3, 0.4) is 0 Å². The van der Waals surface area contributed by atoms with Crippen LogP contribution in [-0.4, -0.2) is 26.3 Å². The van der Waals surface area contributed by atoms with Crippen molar-refractivity contribution in [1.29, 1.82) is 0 Å². The van der Waals surface area contributed by atoms with Gasteiger partial charge < -0.3 is 8.83 Å². The number of aromatic nitrogens is 2. The number of furan rings is 1. The van der Waals surface area contributed by atoms with Gasteiger partial charge in [-0.2, -0.15) is 0 Å². The number of hydrogen-bond donors (Lipinski definition) is 0. The van der Waals surface area contributed by atoms with Crippen molar-refractivity contribution in [2.75, 3.05) is 6.54 Å². The summed E-state index contributed by atoms with van der Waals surface area (Å²) in [6.07, 6.45) is 5.53. The van der Waals surface area contributed by atoms with Crippen molar-refractivity contribution in [2.24, 2.45) is 0 Å². The number of rotatable bonds is 4. The van der Waals surface area contributed by atoms with Crippen molar-refractivity contribution in [3.8, 4) is 11.6 Å². The molecule has 0 amide bonds. The molecule has 9 heteroatoms. The average molecular weight is 404 g/mol. The summed E-state index contributed by atoms with van der Waals surface area (Å²) < 4.78 is 10.9. The van der Waals surface area contributed by atoms with Crippen molar-refractivity contribution in [3.05, 3.63) is 86.2 Å². The Bertz CT molecular complexity index is 1310. The summed E-state index contributed by atoms with van der Waals surface area (Å²) in [5.74, 6) is 1.19. The van der Waals surface area contributed by atoms with Crippen molar-refractivity contribution < 1.29 is 13.8 Å². The van der Waals surface area contributed by atoms with Gasteiger partial charge in [-0.15, -0.1) is 0 Å². The number of fused-ring (bicyclic) bond motifs is 2. The number of hydrogen-bond acceptors (Lipinski definition) is 8. The molecule has 150 valence electrons. The fraction of sp³-hybridized carbons (Fsp3) is 0.190. The molecule has 9 nitrogen and oxygen atoms in total. The standard InChI is InChI=1S/C21H16N4O5/c26-20-14(12-30-18-4-3-15(25(27)28)8-16(18)20)11-24-6-5-17-13(10-24)9-22-21(23-17)19-2-1-7-29-19/h1-4,7-9,12H,5-6,10-11H2. The van der Waals surface area contributed by atoms with E-state index >= 15 is 0 Å². The summed E-state index contributed by atoms with van der Waals surface area (Å²) in [6.45, 7) is 1.69. The summed E-state index contributed by atoms with van der Waals surface area (Å²) >= 11 is 0. The van der Waals surface area contributed by atoms with Gasteiger partial charge in [0.15, 0.2) is 17.0 Å². The van der Waals surface area contributed by atoms with Gasteiger partial charge in [-0.3, -0.25) is 19.8 Å². The van der Waals surface area contributed by atoms with Crippen LogP contribution < -0.4 is 5.43 Å². The molecule has 30 heavy (non-hydrogen) atoms. The summed E-state index contributed by atoms with van der Waals surface area (Å²) in [5.41, 5.74) is 2.36. The first-order valence-electron chi connectivity index (χ1n) is 9.38. The fourth-order valence-corrected chi connectivity index (χ4v) is 3.66. The molecule has 0 fully saturated rings. The largest absolute Gasteiger partial charge is 0.464 e. The lowest BCUT2D eigenvalue weighted by Gasteiger charge is -2.27. The second-order valence-corrected chi connectivity index (χ2v) is 7.13. The molecule has 0 bridgehead atoms. The van der Waals surface area contributed by atoms with Crippen LogP contribution in [0.1, 0.15) is 16.8 Å². The molecule has 0 unspecified atom stereocenters. The van der Waals surface area contributed by atoms with Gasteiger partial charge in [0.25, 0.3) is 5.69 Å². The Morgan fingerprint density at radius 3 is 2.93 bits per heavy atom. The normalized spacial score (nSPS) is 14.0. The Morgan fingerprint density at radius 1 is 1.23 bits per heavy atom. The lowest BCUT2D eigenvalue weighted by molar-refractivity contribution is -0.384. The Hall–Kier alpha value is -3.85. The molecule has 0 radical (unpaired) electrons. The van der Waals surface area contributed by atoms with E-state index in [9.17, 15) is 14.9 Å². The van der Waals surface area contributed by atoms with Crippen LogP contribution in [0, 0.1) is 10.1 Å². The minimum Gasteiger partial charge on any atom is -0.464 e.